The number of carbonyl (C=O) groups excluding carboxylic acids is 1. The molecule has 222 valence electrons. The van der Waals surface area contributed by atoms with Crippen molar-refractivity contribution < 1.29 is 23.1 Å². The molecule has 2 heterocycles. The second kappa shape index (κ2) is 12.3. The number of amides is 2. The van der Waals surface area contributed by atoms with E-state index < -0.39 is 26.7 Å². The summed E-state index contributed by atoms with van der Waals surface area (Å²) in [7, 11) is -4.18. The number of ether oxygens (including phenoxy) is 1. The summed E-state index contributed by atoms with van der Waals surface area (Å²) >= 11 is 6.40. The number of fused-ring (bicyclic) bond motifs is 2. The molecule has 11 heteroatoms. The van der Waals surface area contributed by atoms with Crippen LogP contribution in [-0.2, 0) is 16.6 Å². The van der Waals surface area contributed by atoms with Crippen LogP contribution in [0.5, 0.6) is 17.2 Å². The number of aromatic hydroxyl groups is 1. The number of hydrogen-bond donors (Lipinski definition) is 3. The molecule has 4 aromatic carbocycles. The van der Waals surface area contributed by atoms with E-state index in [4.69, 9.17) is 16.3 Å². The number of halogens is 1. The summed E-state index contributed by atoms with van der Waals surface area (Å²) in [6.07, 6.45) is 1.44. The number of rotatable bonds is 8. The molecule has 2 fully saturated rings. The second-order valence-electron chi connectivity index (χ2n) is 10.7. The van der Waals surface area contributed by atoms with Crippen LogP contribution in [0.4, 0.5) is 16.2 Å². The number of likely N-dealkylation sites (tertiary alicyclic amines) is 1. The fraction of sp³-hybridized carbons (Fsp3) is 0.219. The molecule has 0 saturated carbocycles. The molecule has 2 bridgehead atoms. The van der Waals surface area contributed by atoms with Gasteiger partial charge in [-0.05, 0) is 54.8 Å². The van der Waals surface area contributed by atoms with Crippen LogP contribution in [0.15, 0.2) is 102 Å². The smallest absolute Gasteiger partial charge is 0.323 e. The van der Waals surface area contributed by atoms with Crippen LogP contribution < -0.4 is 15.4 Å². The van der Waals surface area contributed by atoms with Gasteiger partial charge in [0.05, 0.1) is 16.4 Å². The lowest BCUT2D eigenvalue weighted by Crippen LogP contribution is -2.55. The Labute approximate surface area is 255 Å². The fourth-order valence-corrected chi connectivity index (χ4v) is 8.32. The molecule has 2 atom stereocenters. The van der Waals surface area contributed by atoms with Crippen molar-refractivity contribution >= 4 is 39.0 Å². The summed E-state index contributed by atoms with van der Waals surface area (Å²) in [5, 5.41) is 16.3. The first-order valence-electron chi connectivity index (χ1n) is 14.0. The maximum atomic E-state index is 14.0. The Bertz CT molecular complexity index is 1710. The summed E-state index contributed by atoms with van der Waals surface area (Å²) in [4.78, 5) is 14.9. The zero-order valence-corrected chi connectivity index (χ0v) is 24.8. The number of para-hydroxylation sites is 3. The minimum Gasteiger partial charge on any atom is -0.504 e. The first-order chi connectivity index (χ1) is 20.8. The van der Waals surface area contributed by atoms with Gasteiger partial charge in [-0.15, -0.1) is 0 Å². The first kappa shape index (κ1) is 29.0. The van der Waals surface area contributed by atoms with Gasteiger partial charge in [-0.25, -0.2) is 13.2 Å². The van der Waals surface area contributed by atoms with E-state index in [-0.39, 0.29) is 22.8 Å². The number of benzene rings is 4. The SMILES string of the molecule is O=C(Nc1ccccc1Oc1ccccc1)Nc1ccc(Cl)c(S(=O)(=O)N2[C@H]3CC[C@H]2CN(Cc2ccccc2)C3)c1O. The molecule has 0 unspecified atom stereocenters. The molecule has 0 spiro atoms. The molecule has 0 aliphatic carbocycles. The van der Waals surface area contributed by atoms with E-state index in [9.17, 15) is 18.3 Å². The van der Waals surface area contributed by atoms with Gasteiger partial charge < -0.3 is 20.5 Å². The van der Waals surface area contributed by atoms with Gasteiger partial charge in [-0.3, -0.25) is 4.90 Å². The molecule has 4 aromatic rings. The predicted octanol–water partition coefficient (Wildman–Crippen LogP) is 6.52. The molecule has 9 nitrogen and oxygen atoms in total. The summed E-state index contributed by atoms with van der Waals surface area (Å²) in [6, 6.07) is 27.7. The van der Waals surface area contributed by atoms with Crippen molar-refractivity contribution in [2.24, 2.45) is 0 Å². The Kier molecular flexibility index (Phi) is 8.27. The molecule has 0 aromatic heterocycles. The van der Waals surface area contributed by atoms with Gasteiger partial charge in [-0.2, -0.15) is 4.31 Å². The molecular weight excluding hydrogens is 588 g/mol. The maximum absolute atomic E-state index is 14.0. The van der Waals surface area contributed by atoms with Gasteiger partial charge in [0.2, 0.25) is 10.0 Å². The highest BCUT2D eigenvalue weighted by atomic mass is 35.5. The van der Waals surface area contributed by atoms with E-state index >= 15 is 0 Å². The third-order valence-corrected chi connectivity index (χ3v) is 10.2. The van der Waals surface area contributed by atoms with Gasteiger partial charge in [0.1, 0.15) is 10.6 Å². The van der Waals surface area contributed by atoms with Crippen molar-refractivity contribution in [2.75, 3.05) is 23.7 Å². The van der Waals surface area contributed by atoms with Crippen LogP contribution in [0.25, 0.3) is 0 Å². The number of phenols is 1. The molecular formula is C32H31ClN4O5S. The molecule has 2 aliphatic rings. The monoisotopic (exact) mass is 618 g/mol. The Morgan fingerprint density at radius 3 is 2.14 bits per heavy atom. The number of piperazine rings is 1. The van der Waals surface area contributed by atoms with Crippen molar-refractivity contribution in [1.82, 2.24) is 9.21 Å². The lowest BCUT2D eigenvalue weighted by molar-refractivity contribution is 0.123. The van der Waals surface area contributed by atoms with Crippen LogP contribution in [-0.4, -0.2) is 53.9 Å². The van der Waals surface area contributed by atoms with Gasteiger partial charge >= 0.3 is 6.03 Å². The van der Waals surface area contributed by atoms with Gasteiger partial charge in [0.25, 0.3) is 0 Å². The van der Waals surface area contributed by atoms with Crippen LogP contribution in [0.1, 0.15) is 18.4 Å². The summed E-state index contributed by atoms with van der Waals surface area (Å²) < 4.78 is 35.4. The second-order valence-corrected chi connectivity index (χ2v) is 12.8. The minimum absolute atomic E-state index is 0.0861. The number of urea groups is 1. The Hall–Kier alpha value is -4.09. The molecule has 2 aliphatic heterocycles. The molecule has 2 amide bonds. The van der Waals surface area contributed by atoms with Gasteiger partial charge in [0, 0.05) is 31.7 Å². The van der Waals surface area contributed by atoms with Gasteiger partial charge in [0.15, 0.2) is 11.5 Å². The van der Waals surface area contributed by atoms with Crippen molar-refractivity contribution in [3.63, 3.8) is 0 Å². The highest BCUT2D eigenvalue weighted by Gasteiger charge is 2.48. The number of sulfonamides is 1. The van der Waals surface area contributed by atoms with Crippen LogP contribution in [0.2, 0.25) is 5.02 Å². The van der Waals surface area contributed by atoms with Crippen molar-refractivity contribution in [2.45, 2.75) is 36.4 Å². The Balaban J connectivity index is 1.19. The van der Waals surface area contributed by atoms with E-state index in [2.05, 4.69) is 27.7 Å². The molecule has 43 heavy (non-hydrogen) atoms. The minimum atomic E-state index is -4.18. The van der Waals surface area contributed by atoms with E-state index in [0.29, 0.717) is 30.3 Å². The number of carbonyl (C=O) groups is 1. The first-order valence-corrected chi connectivity index (χ1v) is 15.8. The number of phenolic OH excluding ortho intramolecular Hbond substituents is 1. The van der Waals surface area contributed by atoms with Crippen molar-refractivity contribution in [3.8, 4) is 17.2 Å². The highest BCUT2D eigenvalue weighted by Crippen LogP contribution is 2.43. The number of anilines is 2. The average molecular weight is 619 g/mol. The van der Waals surface area contributed by atoms with Crippen LogP contribution in [0.3, 0.4) is 0 Å². The van der Waals surface area contributed by atoms with Gasteiger partial charge in [-0.1, -0.05) is 72.3 Å². The normalized spacial score (nSPS) is 18.7. The van der Waals surface area contributed by atoms with E-state index in [1.165, 1.54) is 22.0 Å². The maximum Gasteiger partial charge on any atom is 0.323 e. The van der Waals surface area contributed by atoms with E-state index in [1.54, 1.807) is 36.4 Å². The largest absolute Gasteiger partial charge is 0.504 e. The Morgan fingerprint density at radius 2 is 1.44 bits per heavy atom. The molecule has 3 N–H and O–H groups in total. The van der Waals surface area contributed by atoms with Crippen LogP contribution >= 0.6 is 11.6 Å². The lowest BCUT2D eigenvalue weighted by Gasteiger charge is -2.40. The standard InChI is InChI=1S/C32H31ClN4O5S/c33-26-17-18-28(35-32(39)34-27-13-7-8-14-29(27)42-25-11-5-2-6-12-25)30(38)31(26)43(40,41)37-23-15-16-24(37)21-36(20-23)19-22-9-3-1-4-10-22/h1-14,17-18,23-24,38H,15-16,19-21H2,(H2,34,35,39)/t23-,24-/m0/s1. The zero-order valence-electron chi connectivity index (χ0n) is 23.2. The van der Waals surface area contributed by atoms with E-state index in [1.807, 2.05) is 36.4 Å². The predicted molar refractivity (Wildman–Crippen MR) is 166 cm³/mol. The molecule has 6 rings (SSSR count). The average Bonchev–Trinajstić information content (AvgIpc) is 3.28. The number of nitrogens with one attached hydrogen (secondary N) is 2. The van der Waals surface area contributed by atoms with Crippen LogP contribution in [0, 0.1) is 0 Å². The molecule has 2 saturated heterocycles. The van der Waals surface area contributed by atoms with Crippen molar-refractivity contribution in [3.05, 3.63) is 108 Å². The topological polar surface area (TPSA) is 111 Å². The lowest BCUT2D eigenvalue weighted by atomic mass is 10.1. The number of hydrogen-bond acceptors (Lipinski definition) is 6. The third kappa shape index (κ3) is 6.18. The van der Waals surface area contributed by atoms with E-state index in [0.717, 1.165) is 19.4 Å². The summed E-state index contributed by atoms with van der Waals surface area (Å²) in [6.45, 7) is 1.89. The van der Waals surface area contributed by atoms with Crippen molar-refractivity contribution in [1.29, 1.82) is 0 Å². The molecule has 0 radical (unpaired) electrons. The summed E-state index contributed by atoms with van der Waals surface area (Å²) in [5.41, 5.74) is 1.47. The number of nitrogens with zero attached hydrogens (tertiary/aromatic N) is 2. The fourth-order valence-electron chi connectivity index (χ4n) is 5.86. The highest BCUT2D eigenvalue weighted by molar-refractivity contribution is 7.89. The Morgan fingerprint density at radius 1 is 0.837 bits per heavy atom. The quantitative estimate of drug-likeness (QED) is 0.194. The zero-order chi connectivity index (χ0) is 30.0. The summed E-state index contributed by atoms with van der Waals surface area (Å²) in [5.74, 6) is 0.397. The third-order valence-electron chi connectivity index (χ3n) is 7.71.